The van der Waals surface area contributed by atoms with Crippen LogP contribution in [-0.4, -0.2) is 140 Å². The van der Waals surface area contributed by atoms with Gasteiger partial charge in [-0.15, -0.1) is 12.8 Å². The Morgan fingerprint density at radius 1 is 0.678 bits per heavy atom. The van der Waals surface area contributed by atoms with Crippen LogP contribution in [0.2, 0.25) is 0 Å². The summed E-state index contributed by atoms with van der Waals surface area (Å²) < 4.78 is 191. The van der Waals surface area contributed by atoms with Crippen LogP contribution >= 0.6 is 15.9 Å². The van der Waals surface area contributed by atoms with E-state index in [9.17, 15) is 86.7 Å². The number of rotatable bonds is 28. The van der Waals surface area contributed by atoms with E-state index < -0.39 is 147 Å². The van der Waals surface area contributed by atoms with Crippen LogP contribution in [0.25, 0.3) is 0 Å². The molecule has 2 saturated heterocycles. The first-order valence-corrected chi connectivity index (χ1v) is 37.6. The molecular weight excluding hydrogens is 1880 g/mol. The van der Waals surface area contributed by atoms with Crippen molar-refractivity contribution in [3.63, 3.8) is 0 Å². The third-order valence-corrected chi connectivity index (χ3v) is 16.0. The number of hydrogen-bond donors (Lipinski definition) is 3. The fourth-order valence-corrected chi connectivity index (χ4v) is 10.4. The van der Waals surface area contributed by atoms with Crippen molar-refractivity contribution >= 4 is 58.2 Å². The number of piperidine rings is 2. The van der Waals surface area contributed by atoms with Crippen LogP contribution in [0.5, 0.6) is 0 Å². The number of halogens is 13. The third-order valence-electron chi connectivity index (χ3n) is 15.4. The second-order valence-electron chi connectivity index (χ2n) is 27.5. The number of likely N-dealkylation sites (tertiary alicyclic amines) is 1. The molecule has 0 bridgehead atoms. The molecule has 0 radical (unpaired) electrons. The fourth-order valence-electron chi connectivity index (χ4n) is 10.0. The maximum atomic E-state index is 14.1. The number of amides is 3. The number of benzene rings is 4. The predicted octanol–water partition coefficient (Wildman–Crippen LogP) is 9.17. The number of aliphatic hydroxyl groups excluding tert-OH is 1. The number of alkyl halides is 1. The van der Waals surface area contributed by atoms with Crippen molar-refractivity contribution in [3.8, 4) is 36.8 Å². The Kier molecular flexibility index (Phi) is 66.4. The summed E-state index contributed by atoms with van der Waals surface area (Å²) in [5, 5.41) is 40.3. The number of hydrogen-bond acceptors (Lipinski definition) is 18. The SMILES string of the molecule is C#CCOCCCCCBr.C#CCOCCCCCN1CC(c2c(F)ccc(F)c2F)CC(C)C1=O.C=C(C)C(=O)OC(C)C.CC(C)OC(=O)C(C)CO.CC(C)OC(=O)C(CC(C#N)c1c(F)ccc(F)c1F)NC(=O)OC(C)(C)C.CC1CC(c2c(F)ccc(F)c2F)CNC1=O.N#CCc1c(F)ccc(F)c1F.O=CO[O-].[Cs+].[Cs+].[H-]. The number of alkyl carbamates (subject to hydrolysis) is 1. The number of aliphatic hydroxyl groups is 1. The van der Waals surface area contributed by atoms with E-state index in [4.69, 9.17) is 61.7 Å². The summed E-state index contributed by atoms with van der Waals surface area (Å²) in [5.41, 5.74) is -2.28. The summed E-state index contributed by atoms with van der Waals surface area (Å²) in [6, 6.07) is 7.90. The summed E-state index contributed by atoms with van der Waals surface area (Å²) in [4.78, 5) is 82.2. The van der Waals surface area contributed by atoms with Gasteiger partial charge in [0, 0.05) is 89.7 Å². The minimum Gasteiger partial charge on any atom is -1.00 e. The second-order valence-corrected chi connectivity index (χ2v) is 28.3. The molecule has 4 aromatic carbocycles. The molecule has 646 valence electrons. The van der Waals surface area contributed by atoms with Crippen molar-refractivity contribution in [1.29, 1.82) is 10.5 Å². The largest absolute Gasteiger partial charge is 1.00 e. The van der Waals surface area contributed by atoms with Crippen LogP contribution in [0.4, 0.5) is 57.5 Å². The summed E-state index contributed by atoms with van der Waals surface area (Å²) >= 11 is 3.36. The van der Waals surface area contributed by atoms with Crippen LogP contribution in [-0.2, 0) is 68.5 Å². The fraction of sp³-hybridized carbons (Fsp3) is 0.524. The maximum Gasteiger partial charge on any atom is 1.00 e. The molecular formula is C82H104BrCs2F12N5O16. The van der Waals surface area contributed by atoms with Gasteiger partial charge in [0.05, 0.1) is 55.3 Å². The van der Waals surface area contributed by atoms with E-state index >= 15 is 0 Å². The maximum absolute atomic E-state index is 14.1. The topological polar surface area (TPSA) is 302 Å². The Balaban J connectivity index is -0.000000437. The molecule has 4 aromatic rings. The summed E-state index contributed by atoms with van der Waals surface area (Å²) in [5.74, 6) is -13.9. The van der Waals surface area contributed by atoms with E-state index in [0.717, 1.165) is 68.0 Å². The number of nitrogens with one attached hydrogen (secondary N) is 2. The number of terminal acetylenes is 2. The minimum atomic E-state index is -1.56. The molecule has 0 aromatic heterocycles. The van der Waals surface area contributed by atoms with Crippen molar-refractivity contribution in [3.05, 3.63) is 153 Å². The van der Waals surface area contributed by atoms with Gasteiger partial charge in [-0.3, -0.25) is 19.2 Å². The number of carbonyl (C=O) groups is 7. The Morgan fingerprint density at radius 2 is 1.12 bits per heavy atom. The van der Waals surface area contributed by atoms with Crippen molar-refractivity contribution in [2.45, 2.75) is 202 Å². The van der Waals surface area contributed by atoms with Gasteiger partial charge >= 0.3 is 162 Å². The van der Waals surface area contributed by atoms with E-state index in [1.807, 2.05) is 0 Å². The molecule has 2 heterocycles. The smallest absolute Gasteiger partial charge is 1.00 e. The van der Waals surface area contributed by atoms with Gasteiger partial charge in [0.2, 0.25) is 11.8 Å². The molecule has 7 unspecified atom stereocenters. The van der Waals surface area contributed by atoms with Gasteiger partial charge < -0.3 is 60.6 Å². The average Bonchev–Trinajstić information content (AvgIpc) is 0.796. The molecule has 6 rings (SSSR count). The molecule has 2 aliphatic rings. The van der Waals surface area contributed by atoms with Crippen LogP contribution in [0.3, 0.4) is 0 Å². The molecule has 0 aliphatic carbocycles. The Bertz CT molecular complexity index is 3940. The quantitative estimate of drug-likeness (QED) is 0.00408. The van der Waals surface area contributed by atoms with Crippen molar-refractivity contribution in [1.82, 2.24) is 15.5 Å². The Hall–Kier alpha value is -5.61. The van der Waals surface area contributed by atoms with E-state index in [1.165, 1.54) is 12.8 Å². The van der Waals surface area contributed by atoms with Crippen LogP contribution in [0, 0.1) is 135 Å². The zero-order valence-corrected chi connectivity index (χ0v) is 83.2. The molecule has 2 aliphatic heterocycles. The van der Waals surface area contributed by atoms with Crippen LogP contribution in [0.1, 0.15) is 189 Å². The zero-order chi connectivity index (χ0) is 89.1. The van der Waals surface area contributed by atoms with E-state index in [-0.39, 0.29) is 231 Å². The van der Waals surface area contributed by atoms with Gasteiger partial charge in [0.15, 0.2) is 46.5 Å². The summed E-state index contributed by atoms with van der Waals surface area (Å²) in [6.45, 7) is 27.8. The number of esters is 3. The molecule has 0 spiro atoms. The van der Waals surface area contributed by atoms with Crippen molar-refractivity contribution in [2.75, 3.05) is 58.0 Å². The van der Waals surface area contributed by atoms with E-state index in [2.05, 4.69) is 49.9 Å². The summed E-state index contributed by atoms with van der Waals surface area (Å²) in [7, 11) is 0. The number of nitrogens with zero attached hydrogens (tertiary/aromatic N) is 3. The molecule has 2 fully saturated rings. The number of nitriles is 2. The molecule has 36 heteroatoms. The molecule has 7 atom stereocenters. The number of carbonyl (C=O) groups excluding carboxylic acids is 7. The first-order valence-electron chi connectivity index (χ1n) is 36.5. The van der Waals surface area contributed by atoms with Crippen molar-refractivity contribution < 1.29 is 269 Å². The standard InChI is InChI=1S/C20H24F3NO2.C19H23F3N2O4.C12H12F3NO.C8H13BrO.C8H4F3N.C7H14O3.C7H12O2.CH2O3.2Cs.H/c1-3-10-26-11-6-4-5-9-24-13-15(12-14(2)20(24)25)18-16(21)7-8-17(22)19(18)23;1-10(2)27-17(25)14(24-18(26)28-19(3,4)5)8-11(9-23)15-12(20)6-7-13(21)16(15)22;1-6-4-7(5-16-12(6)17)10-8(13)2-3-9(14)11(10)15;1-2-7-10-8-5-3-4-6-9;9-6-1-2-7(10)8(11)5(6)3-4-12;1-5(2)10-7(9)6(3)4-8;1-5(2)7(8)9-6(3)4;2-1-4-3;;;/h1,7-8,14-15H,4-6,9-13H2,2H3;6-7,10-11,14H,8H2,1-5H3,(H,24,26);2-3,6-7H,4-5H2,1H3,(H,16,17);1H,3-8H2;1-2H,3H2;5-6,8H,4H2,1-3H3;6H,1H2,2-4H3;1,3H;;;/q;;;;;;;;2*+1;-1/p-1. The molecule has 3 N–H and O–H groups in total. The first-order chi connectivity index (χ1) is 54.4. The molecule has 118 heavy (non-hydrogen) atoms. The normalized spacial score (nSPS) is 15.0. The van der Waals surface area contributed by atoms with Crippen molar-refractivity contribution in [2.24, 2.45) is 17.8 Å². The Morgan fingerprint density at radius 3 is 1.54 bits per heavy atom. The van der Waals surface area contributed by atoms with Crippen LogP contribution < -0.4 is 154 Å². The van der Waals surface area contributed by atoms with Gasteiger partial charge in [0.1, 0.15) is 48.1 Å². The van der Waals surface area contributed by atoms with Gasteiger partial charge in [-0.1, -0.05) is 54.6 Å². The monoisotopic (exact) mass is 1990 g/mol. The Labute approximate surface area is 810 Å². The zero-order valence-electron chi connectivity index (χ0n) is 70.1. The van der Waals surface area contributed by atoms with Gasteiger partial charge in [-0.05, 0) is 176 Å². The molecule has 21 nitrogen and oxygen atoms in total. The van der Waals surface area contributed by atoms with Crippen LogP contribution in [0.15, 0.2) is 60.7 Å². The van der Waals surface area contributed by atoms with Gasteiger partial charge in [0.25, 0.3) is 6.47 Å². The number of unbranched alkanes of at least 4 members (excludes halogenated alkanes) is 4. The predicted molar refractivity (Wildman–Crippen MR) is 407 cm³/mol. The van der Waals surface area contributed by atoms with E-state index in [1.54, 1.807) is 107 Å². The third kappa shape index (κ3) is 48.9. The molecule has 0 saturated carbocycles. The second kappa shape index (κ2) is 66.0. The van der Waals surface area contributed by atoms with E-state index in [0.29, 0.717) is 56.4 Å². The summed E-state index contributed by atoms with van der Waals surface area (Å²) in [6.07, 6.45) is 14.1. The molecule has 3 amide bonds. The first kappa shape index (κ1) is 119. The van der Waals surface area contributed by atoms with Gasteiger partial charge in [-0.25, -0.2) is 67.1 Å². The van der Waals surface area contributed by atoms with Gasteiger partial charge in [-0.2, -0.15) is 10.5 Å². The minimum absolute atomic E-state index is 0. The average molecular weight is 1990 g/mol. The number of ether oxygens (including phenoxy) is 6.